The van der Waals surface area contributed by atoms with Crippen molar-refractivity contribution in [2.24, 2.45) is 0 Å². The van der Waals surface area contributed by atoms with E-state index in [-0.39, 0.29) is 50.3 Å². The third-order valence-corrected chi connectivity index (χ3v) is 15.8. The van der Waals surface area contributed by atoms with Crippen LogP contribution in [0.5, 0.6) is 11.5 Å². The molecule has 3 aromatic heterocycles. The molecule has 0 N–H and O–H groups in total. The molecule has 1 aliphatic rings. The number of pyridine rings is 1. The van der Waals surface area contributed by atoms with E-state index >= 15 is 0 Å². The van der Waals surface area contributed by atoms with Crippen molar-refractivity contribution < 1.29 is 61.4 Å². The molecule has 5 heteroatoms. The molecule has 0 amide bonds. The highest BCUT2D eigenvalue weighted by Gasteiger charge is 2.38. The number of rotatable bonds is 10. The van der Waals surface area contributed by atoms with E-state index in [1.165, 1.54) is 86.0 Å². The van der Waals surface area contributed by atoms with E-state index in [0.717, 1.165) is 32.5 Å². The van der Waals surface area contributed by atoms with Crippen LogP contribution in [-0.4, -0.2) is 14.1 Å². The van der Waals surface area contributed by atoms with Gasteiger partial charge in [0.25, 0.3) is 6.33 Å². The first-order valence-electron chi connectivity index (χ1n) is 47.4. The molecule has 0 aliphatic heterocycles. The fourth-order valence-electron chi connectivity index (χ4n) is 11.3. The standard InChI is InChI=1S/C84H78N4O/c1-54-23-21-24-55(2)79(54)59-34-38-75-77(47-59)86(65-29-22-30-66(51-65)89-67-35-36-69-68-31-19-20-32-74(68)88(76(69)52-67)78-50-63(39-42-85-78)81(3,4)5)53-87(75)80-70(58-33-37-72-73(46-58)84(11,12)41-40-83(72,9)10)48-64(82(6,7)8)49-71(80)62-44-60(56-25-15-13-16-26-56)43-61(45-62)57-27-17-14-18-28-57/h13-39,42-52H,40-41H2,1-12H3/i1D3,2D3,9D3,10D3,11D3,12D3,13D,14D,15D,16D,17D,18D,25D,26D,27D,28D,33D,37D,40D2,41D2,43D,44D,45D,46D. The summed E-state index contributed by atoms with van der Waals surface area (Å²) in [7, 11) is 0. The van der Waals surface area contributed by atoms with Crippen LogP contribution in [0.4, 0.5) is 0 Å². The first kappa shape index (κ1) is 28.7. The molecule has 440 valence electrons. The summed E-state index contributed by atoms with van der Waals surface area (Å²) in [6, 6.07) is 13.4. The van der Waals surface area contributed by atoms with Crippen LogP contribution in [0.2, 0.25) is 0 Å². The third kappa shape index (κ3) is 10.4. The van der Waals surface area contributed by atoms with Crippen molar-refractivity contribution >= 4 is 32.8 Å². The average molecular weight is 1200 g/mol. The Kier molecular flexibility index (Phi) is 6.98. The summed E-state index contributed by atoms with van der Waals surface area (Å²) in [5.41, 5.74) is -23.0. The number of ether oxygens (including phenoxy) is 1. The largest absolute Gasteiger partial charge is 0.458 e. The molecule has 5 nitrogen and oxygen atoms in total. The van der Waals surface area contributed by atoms with Gasteiger partial charge in [-0.1, -0.05) is 214 Å². The third-order valence-electron chi connectivity index (χ3n) is 15.8. The van der Waals surface area contributed by atoms with Gasteiger partial charge in [0.05, 0.1) is 55.4 Å². The minimum absolute atomic E-state index is 0.00566. The van der Waals surface area contributed by atoms with Crippen LogP contribution in [0, 0.1) is 20.0 Å². The molecular weight excluding hydrogens is 1080 g/mol. The Labute approximate surface area is 579 Å². The van der Waals surface area contributed by atoms with E-state index in [0.29, 0.717) is 11.3 Å². The maximum atomic E-state index is 10.8. The molecule has 0 unspecified atom stereocenters. The van der Waals surface area contributed by atoms with Gasteiger partial charge in [-0.05, 0) is 210 Å². The number of hydrogen-bond donors (Lipinski definition) is 0. The van der Waals surface area contributed by atoms with Gasteiger partial charge in [-0.25, -0.2) is 4.98 Å². The molecule has 89 heavy (non-hydrogen) atoms. The Morgan fingerprint density at radius 3 is 1.85 bits per heavy atom. The highest BCUT2D eigenvalue weighted by atomic mass is 16.5. The fourth-order valence-corrected chi connectivity index (χ4v) is 11.3. The summed E-state index contributed by atoms with van der Waals surface area (Å²) < 4.78 is 368. The van der Waals surface area contributed by atoms with Gasteiger partial charge in [0.15, 0.2) is 0 Å². The Balaban J connectivity index is 1.23. The van der Waals surface area contributed by atoms with E-state index in [1.807, 2.05) is 47.0 Å². The quantitative estimate of drug-likeness (QED) is 0.101. The van der Waals surface area contributed by atoms with Crippen LogP contribution in [0.25, 0.3) is 106 Å². The first-order chi connectivity index (χ1) is 58.3. The van der Waals surface area contributed by atoms with Gasteiger partial charge >= 0.3 is 0 Å². The summed E-state index contributed by atoms with van der Waals surface area (Å²) in [5.74, 6) is 0.871. The summed E-state index contributed by atoms with van der Waals surface area (Å²) in [6.07, 6.45) is -4.74. The maximum Gasteiger partial charge on any atom is 0.269 e. The lowest BCUT2D eigenvalue weighted by molar-refractivity contribution is -0.571. The molecule has 13 aromatic rings. The van der Waals surface area contributed by atoms with E-state index in [4.69, 9.17) is 34.4 Å². The molecule has 3 heterocycles. The second kappa shape index (κ2) is 21.6. The monoisotopic (exact) mass is 1200 g/mol. The van der Waals surface area contributed by atoms with Crippen molar-refractivity contribution in [1.29, 1.82) is 0 Å². The van der Waals surface area contributed by atoms with Gasteiger partial charge < -0.3 is 4.74 Å². The molecule has 0 saturated carbocycles. The summed E-state index contributed by atoms with van der Waals surface area (Å²) >= 11 is 0. The number of nitrogens with zero attached hydrogens (tertiary/aromatic N) is 4. The van der Waals surface area contributed by atoms with Crippen LogP contribution in [0.3, 0.4) is 0 Å². The molecule has 0 radical (unpaired) electrons. The lowest BCUT2D eigenvalue weighted by Gasteiger charge is -2.42. The van der Waals surface area contributed by atoms with Gasteiger partial charge in [-0.2, -0.15) is 0 Å². The van der Waals surface area contributed by atoms with E-state index in [1.54, 1.807) is 24.4 Å². The predicted molar refractivity (Wildman–Crippen MR) is 372 cm³/mol. The smallest absolute Gasteiger partial charge is 0.269 e. The van der Waals surface area contributed by atoms with Crippen LogP contribution in [0.15, 0.2) is 230 Å². The molecule has 0 bridgehead atoms. The first-order valence-corrected chi connectivity index (χ1v) is 28.4. The number of imidazole rings is 1. The van der Waals surface area contributed by atoms with Crippen molar-refractivity contribution in [1.82, 2.24) is 14.1 Å². The topological polar surface area (TPSA) is 35.9 Å². The lowest BCUT2D eigenvalue weighted by atomic mass is 9.63. The van der Waals surface area contributed by atoms with E-state index in [2.05, 4.69) is 27.1 Å². The minimum Gasteiger partial charge on any atom is -0.458 e. The number of benzene rings is 10. The second-order valence-electron chi connectivity index (χ2n) is 23.9. The van der Waals surface area contributed by atoms with Gasteiger partial charge in [0.1, 0.15) is 17.3 Å². The minimum atomic E-state index is -4.87. The highest BCUT2D eigenvalue weighted by molar-refractivity contribution is 6.09. The molecule has 0 saturated heterocycles. The SMILES string of the molecule is [2H]c1c([2H])c([2H])c(-c2c([2H])c(-c3cc(C(C)(C)C)cc(-c4c([2H])c([2H])c5c(c4[2H])C(C([2H])([2H])[2H])(C([2H])([2H])[2H])C([2H])([2H])C([2H])([2H])C5(C([2H])([2H])[2H])C([2H])([2H])[2H])c3-[n+]3[c-]n(-c4cccc(Oc5ccc6c7ccccc7n(-c7cc(C(C)(C)C)ccn7)c6c5)c4)c4cc(-c5c(C([2H])([2H])[2H])cccc5C([2H])([2H])[2H])ccc43)c([2H])c(-c3c([2H])c([2H])c([2H])c([2H])c3[2H])c2[2H])c([2H])c1[2H]. The number of para-hydroxylation sites is 1. The Bertz CT molecular complexity index is 6610. The number of aryl methyl sites for hydroxylation is 2. The van der Waals surface area contributed by atoms with Crippen molar-refractivity contribution in [2.75, 3.05) is 0 Å². The molecule has 1 aliphatic carbocycles. The van der Waals surface area contributed by atoms with Crippen LogP contribution >= 0.6 is 0 Å². The van der Waals surface area contributed by atoms with Gasteiger partial charge in [0, 0.05) is 53.2 Å². The second-order valence-corrected chi connectivity index (χ2v) is 23.9. The van der Waals surface area contributed by atoms with Gasteiger partial charge in [-0.15, -0.1) is 0 Å². The number of fused-ring (bicyclic) bond motifs is 5. The van der Waals surface area contributed by atoms with Gasteiger partial charge in [0.2, 0.25) is 0 Å². The van der Waals surface area contributed by atoms with Crippen LogP contribution in [-0.2, 0) is 21.7 Å². The Hall–Kier alpha value is -9.58. The zero-order valence-corrected chi connectivity index (χ0v) is 48.9. The fraction of sp³-hybridized carbons (Fsp3) is 0.214. The molecule has 14 rings (SSSR count). The van der Waals surface area contributed by atoms with Crippen molar-refractivity contribution in [2.45, 2.75) is 117 Å². The van der Waals surface area contributed by atoms with Crippen molar-refractivity contribution in [3.63, 3.8) is 0 Å². The zero-order chi connectivity index (χ0) is 94.2. The average Bonchev–Trinajstić information content (AvgIpc) is 1.00. The molecule has 0 spiro atoms. The zero-order valence-electron chi connectivity index (χ0n) is 86.9. The molecule has 0 fully saturated rings. The highest BCUT2D eigenvalue weighted by Crippen LogP contribution is 2.49. The lowest BCUT2D eigenvalue weighted by Crippen LogP contribution is -2.34. The van der Waals surface area contributed by atoms with E-state index in [9.17, 15) is 27.4 Å². The van der Waals surface area contributed by atoms with Crippen molar-refractivity contribution in [3.8, 4) is 84.3 Å². The summed E-state index contributed by atoms with van der Waals surface area (Å²) in [6.45, 7) is -13.7. The Morgan fingerprint density at radius 1 is 0.528 bits per heavy atom. The Morgan fingerprint density at radius 2 is 1.17 bits per heavy atom. The maximum absolute atomic E-state index is 10.8. The van der Waals surface area contributed by atoms with Crippen LogP contribution < -0.4 is 9.30 Å². The molecule has 10 aromatic carbocycles. The number of aromatic nitrogens is 4. The van der Waals surface area contributed by atoms with Crippen molar-refractivity contribution in [3.05, 3.63) is 270 Å². The molecule has 0 atom stereocenters. The van der Waals surface area contributed by atoms with E-state index < -0.39 is 239 Å². The predicted octanol–water partition coefficient (Wildman–Crippen LogP) is 21.9. The normalized spacial score (nSPS) is 22.1. The summed E-state index contributed by atoms with van der Waals surface area (Å²) in [4.78, 5) is 4.82. The van der Waals surface area contributed by atoms with Crippen LogP contribution in [0.1, 0.15) is 167 Å². The summed E-state index contributed by atoms with van der Waals surface area (Å²) in [5, 5.41) is 1.66. The molecular formula is C84H78N4O. The number of hydrogen-bond acceptors (Lipinski definition) is 2. The van der Waals surface area contributed by atoms with Gasteiger partial charge in [-0.3, -0.25) is 13.7 Å².